The van der Waals surface area contributed by atoms with Gasteiger partial charge >= 0.3 is 5.97 Å². The van der Waals surface area contributed by atoms with E-state index < -0.39 is 17.0 Å². The van der Waals surface area contributed by atoms with Gasteiger partial charge in [0.05, 0.1) is 5.41 Å². The predicted molar refractivity (Wildman–Crippen MR) is 71.6 cm³/mol. The smallest absolute Gasteiger partial charge is 0.312 e. The molecule has 1 atom stereocenters. The summed E-state index contributed by atoms with van der Waals surface area (Å²) in [7, 11) is 0. The van der Waals surface area contributed by atoms with Crippen LogP contribution in [0.1, 0.15) is 43.0 Å². The van der Waals surface area contributed by atoms with Crippen LogP contribution in [0, 0.1) is 26.2 Å². The molecule has 0 saturated carbocycles. The summed E-state index contributed by atoms with van der Waals surface area (Å²) in [4.78, 5) is 11.4. The van der Waals surface area contributed by atoms with Crippen LogP contribution < -0.4 is 0 Å². The number of aliphatic hydroxyl groups is 1. The van der Waals surface area contributed by atoms with Crippen LogP contribution in [0.25, 0.3) is 0 Å². The molecule has 18 heavy (non-hydrogen) atoms. The van der Waals surface area contributed by atoms with Gasteiger partial charge in [-0.15, -0.1) is 0 Å². The highest BCUT2D eigenvalue weighted by Gasteiger charge is 2.48. The first-order valence-corrected chi connectivity index (χ1v) is 6.06. The minimum Gasteiger partial charge on any atom is -0.481 e. The van der Waals surface area contributed by atoms with E-state index in [0.29, 0.717) is 5.56 Å². The number of hydrogen-bond donors (Lipinski definition) is 2. The Kier molecular flexibility index (Phi) is 3.59. The fourth-order valence-corrected chi connectivity index (χ4v) is 2.47. The van der Waals surface area contributed by atoms with Gasteiger partial charge in [-0.05, 0) is 58.2 Å². The van der Waals surface area contributed by atoms with E-state index in [4.69, 9.17) is 0 Å². The number of benzene rings is 1. The molecule has 3 nitrogen and oxygen atoms in total. The van der Waals surface area contributed by atoms with E-state index >= 15 is 0 Å². The van der Waals surface area contributed by atoms with E-state index in [2.05, 4.69) is 0 Å². The minimum absolute atomic E-state index is 0.709. The lowest BCUT2D eigenvalue weighted by molar-refractivity contribution is -0.164. The second-order valence-corrected chi connectivity index (χ2v) is 5.78. The number of hydrogen-bond acceptors (Lipinski definition) is 2. The van der Waals surface area contributed by atoms with Crippen LogP contribution in [0.3, 0.4) is 0 Å². The maximum atomic E-state index is 11.4. The molecule has 0 aromatic heterocycles. The lowest BCUT2D eigenvalue weighted by Crippen LogP contribution is -2.45. The van der Waals surface area contributed by atoms with Crippen molar-refractivity contribution >= 4 is 5.97 Å². The summed E-state index contributed by atoms with van der Waals surface area (Å²) in [6, 6.07) is 3.93. The van der Waals surface area contributed by atoms with Crippen molar-refractivity contribution in [3.8, 4) is 0 Å². The number of carboxylic acid groups (broad SMARTS) is 1. The largest absolute Gasteiger partial charge is 0.481 e. The molecule has 1 aromatic rings. The highest BCUT2D eigenvalue weighted by atomic mass is 16.4. The zero-order valence-corrected chi connectivity index (χ0v) is 12.0. The van der Waals surface area contributed by atoms with Crippen molar-refractivity contribution < 1.29 is 15.0 Å². The second-order valence-electron chi connectivity index (χ2n) is 5.78. The van der Waals surface area contributed by atoms with Crippen LogP contribution in [-0.4, -0.2) is 16.2 Å². The van der Waals surface area contributed by atoms with Gasteiger partial charge in [-0.1, -0.05) is 17.7 Å². The van der Waals surface area contributed by atoms with Gasteiger partial charge in [0.25, 0.3) is 0 Å². The molecule has 0 fully saturated rings. The Labute approximate surface area is 108 Å². The van der Waals surface area contributed by atoms with Gasteiger partial charge in [0.2, 0.25) is 0 Å². The van der Waals surface area contributed by atoms with Crippen molar-refractivity contribution in [1.29, 1.82) is 0 Å². The van der Waals surface area contributed by atoms with Gasteiger partial charge in [-0.2, -0.15) is 0 Å². The summed E-state index contributed by atoms with van der Waals surface area (Å²) in [5.41, 5.74) is 0.996. The Morgan fingerprint density at radius 2 is 1.44 bits per heavy atom. The molecule has 0 aliphatic rings. The molecule has 0 aliphatic carbocycles. The van der Waals surface area contributed by atoms with Crippen LogP contribution in [0.5, 0.6) is 0 Å². The monoisotopic (exact) mass is 250 g/mol. The summed E-state index contributed by atoms with van der Waals surface area (Å²) in [6.45, 7) is 10.5. The van der Waals surface area contributed by atoms with Gasteiger partial charge in [0.1, 0.15) is 5.60 Å². The van der Waals surface area contributed by atoms with Crippen molar-refractivity contribution in [2.75, 3.05) is 0 Å². The SMILES string of the molecule is Cc1cc(C)c(C(C)(O)C(C)(C)C(=O)O)c(C)c1. The fourth-order valence-electron chi connectivity index (χ4n) is 2.47. The zero-order valence-electron chi connectivity index (χ0n) is 12.0. The second kappa shape index (κ2) is 4.39. The number of aliphatic carboxylic acids is 1. The summed E-state index contributed by atoms with van der Waals surface area (Å²) < 4.78 is 0. The molecular formula is C15H22O3. The third-order valence-corrected chi connectivity index (χ3v) is 3.92. The first-order chi connectivity index (χ1) is 8.01. The molecule has 100 valence electrons. The normalized spacial score (nSPS) is 15.3. The van der Waals surface area contributed by atoms with E-state index in [0.717, 1.165) is 16.7 Å². The van der Waals surface area contributed by atoms with E-state index in [-0.39, 0.29) is 0 Å². The predicted octanol–water partition coefficient (Wildman–Crippen LogP) is 2.93. The van der Waals surface area contributed by atoms with Crippen molar-refractivity contribution in [1.82, 2.24) is 0 Å². The Bertz CT molecular complexity index is 462. The van der Waals surface area contributed by atoms with Crippen LogP contribution in [0.15, 0.2) is 12.1 Å². The first-order valence-electron chi connectivity index (χ1n) is 6.06. The average Bonchev–Trinajstić information content (AvgIpc) is 2.14. The van der Waals surface area contributed by atoms with Crippen LogP contribution in [0.2, 0.25) is 0 Å². The number of carboxylic acids is 1. The quantitative estimate of drug-likeness (QED) is 0.867. The molecule has 0 saturated heterocycles. The lowest BCUT2D eigenvalue weighted by Gasteiger charge is -2.39. The van der Waals surface area contributed by atoms with Crippen LogP contribution in [-0.2, 0) is 10.4 Å². The maximum Gasteiger partial charge on any atom is 0.312 e. The van der Waals surface area contributed by atoms with Crippen LogP contribution in [0.4, 0.5) is 0 Å². The maximum absolute atomic E-state index is 11.4. The Balaban J connectivity index is 3.51. The van der Waals surface area contributed by atoms with Crippen molar-refractivity contribution in [3.05, 3.63) is 34.4 Å². The molecular weight excluding hydrogens is 228 g/mol. The van der Waals surface area contributed by atoms with E-state index in [9.17, 15) is 15.0 Å². The molecule has 1 aromatic carbocycles. The van der Waals surface area contributed by atoms with Gasteiger partial charge in [-0.3, -0.25) is 4.79 Å². The van der Waals surface area contributed by atoms with E-state index in [1.165, 1.54) is 0 Å². The van der Waals surface area contributed by atoms with Crippen molar-refractivity contribution in [2.45, 2.75) is 47.1 Å². The molecule has 0 amide bonds. The molecule has 2 N–H and O–H groups in total. The molecule has 0 heterocycles. The molecule has 1 rings (SSSR count). The number of rotatable bonds is 3. The molecule has 0 aliphatic heterocycles. The average molecular weight is 250 g/mol. The van der Waals surface area contributed by atoms with E-state index in [1.807, 2.05) is 32.9 Å². The Morgan fingerprint density at radius 1 is 1.06 bits per heavy atom. The third-order valence-electron chi connectivity index (χ3n) is 3.92. The van der Waals surface area contributed by atoms with Gasteiger partial charge in [0, 0.05) is 0 Å². The first kappa shape index (κ1) is 14.7. The Hall–Kier alpha value is -1.35. The summed E-state index contributed by atoms with van der Waals surface area (Å²) >= 11 is 0. The van der Waals surface area contributed by atoms with Crippen LogP contribution >= 0.6 is 0 Å². The summed E-state index contributed by atoms with van der Waals surface area (Å²) in [5, 5.41) is 20.1. The minimum atomic E-state index is -1.42. The topological polar surface area (TPSA) is 57.5 Å². The number of aryl methyl sites for hydroxylation is 3. The Morgan fingerprint density at radius 3 is 1.78 bits per heavy atom. The van der Waals surface area contributed by atoms with Gasteiger partial charge in [0.15, 0.2) is 0 Å². The van der Waals surface area contributed by atoms with Gasteiger partial charge < -0.3 is 10.2 Å². The van der Waals surface area contributed by atoms with Crippen molar-refractivity contribution in [2.24, 2.45) is 5.41 Å². The third kappa shape index (κ3) is 2.15. The molecule has 0 spiro atoms. The highest BCUT2D eigenvalue weighted by Crippen LogP contribution is 2.42. The summed E-state index contributed by atoms with van der Waals surface area (Å²) in [6.07, 6.45) is 0. The van der Waals surface area contributed by atoms with Gasteiger partial charge in [-0.25, -0.2) is 0 Å². The van der Waals surface area contributed by atoms with E-state index in [1.54, 1.807) is 20.8 Å². The summed E-state index contributed by atoms with van der Waals surface area (Å²) in [5.74, 6) is -1.01. The molecule has 0 bridgehead atoms. The highest BCUT2D eigenvalue weighted by molar-refractivity contribution is 5.76. The zero-order chi connectivity index (χ0) is 14.3. The number of carbonyl (C=O) groups is 1. The molecule has 1 unspecified atom stereocenters. The standard InChI is InChI=1S/C15H22O3/c1-9-7-10(2)12(11(3)8-9)15(6,18)14(4,5)13(16)17/h7-8,18H,1-6H3,(H,16,17). The molecule has 3 heteroatoms. The van der Waals surface area contributed by atoms with Crippen molar-refractivity contribution in [3.63, 3.8) is 0 Å². The fraction of sp³-hybridized carbons (Fsp3) is 0.533. The molecule has 0 radical (unpaired) electrons. The lowest BCUT2D eigenvalue weighted by atomic mass is 9.69.